The molecule has 1 aromatic heterocycles. The monoisotopic (exact) mass is 385 g/mol. The summed E-state index contributed by atoms with van der Waals surface area (Å²) in [7, 11) is 1.79. The largest absolute Gasteiger partial charge is 0.371 e. The topological polar surface area (TPSA) is 36.4 Å². The highest BCUT2D eigenvalue weighted by atomic mass is 16.2. The van der Waals surface area contributed by atoms with E-state index in [1.54, 1.807) is 18.1 Å². The summed E-state index contributed by atoms with van der Waals surface area (Å²) in [5, 5.41) is 0. The molecule has 4 nitrogen and oxygen atoms in total. The van der Waals surface area contributed by atoms with Gasteiger partial charge in [0.25, 0.3) is 5.91 Å². The summed E-state index contributed by atoms with van der Waals surface area (Å²) in [5.41, 5.74) is 3.86. The summed E-state index contributed by atoms with van der Waals surface area (Å²) in [6.45, 7) is 2.04. The summed E-state index contributed by atoms with van der Waals surface area (Å²) in [5.74, 6) is 0.637. The van der Waals surface area contributed by atoms with Crippen LogP contribution in [0.5, 0.6) is 0 Å². The van der Waals surface area contributed by atoms with E-state index in [1.165, 1.54) is 18.4 Å². The number of para-hydroxylation sites is 1. The molecule has 0 saturated carbocycles. The van der Waals surface area contributed by atoms with Gasteiger partial charge in [0.1, 0.15) is 5.69 Å². The third-order valence-corrected chi connectivity index (χ3v) is 5.76. The minimum absolute atomic E-state index is 0.0861. The lowest BCUT2D eigenvalue weighted by Crippen LogP contribution is -2.34. The molecule has 0 radical (unpaired) electrons. The number of amides is 1. The lowest BCUT2D eigenvalue weighted by Gasteiger charge is -2.34. The first-order chi connectivity index (χ1) is 14.2. The normalized spacial score (nSPS) is 14.6. The van der Waals surface area contributed by atoms with Crippen molar-refractivity contribution in [3.63, 3.8) is 0 Å². The third-order valence-electron chi connectivity index (χ3n) is 5.76. The van der Waals surface area contributed by atoms with Crippen LogP contribution in [0.2, 0.25) is 0 Å². The smallest absolute Gasteiger partial charge is 0.276 e. The van der Waals surface area contributed by atoms with Crippen LogP contribution in [-0.4, -0.2) is 31.0 Å². The number of aromatic nitrogens is 1. The molecule has 3 aromatic rings. The molecule has 1 amide bonds. The molecular formula is C25H27N3O. The van der Waals surface area contributed by atoms with E-state index in [0.717, 1.165) is 36.8 Å². The molecule has 1 saturated heterocycles. The molecule has 148 valence electrons. The van der Waals surface area contributed by atoms with Crippen molar-refractivity contribution in [2.45, 2.75) is 19.3 Å². The van der Waals surface area contributed by atoms with E-state index in [2.05, 4.69) is 40.2 Å². The molecule has 2 aromatic carbocycles. The maximum atomic E-state index is 12.9. The number of piperidine rings is 1. The van der Waals surface area contributed by atoms with Crippen molar-refractivity contribution in [1.29, 1.82) is 0 Å². The van der Waals surface area contributed by atoms with Crippen molar-refractivity contribution in [1.82, 2.24) is 4.98 Å². The average molecular weight is 386 g/mol. The van der Waals surface area contributed by atoms with Gasteiger partial charge in [-0.2, -0.15) is 0 Å². The van der Waals surface area contributed by atoms with Gasteiger partial charge in [-0.1, -0.05) is 48.5 Å². The number of anilines is 2. The first kappa shape index (κ1) is 19.2. The minimum atomic E-state index is -0.0861. The number of pyridine rings is 1. The first-order valence-electron chi connectivity index (χ1n) is 10.3. The van der Waals surface area contributed by atoms with Crippen molar-refractivity contribution in [3.8, 4) is 0 Å². The van der Waals surface area contributed by atoms with Crippen LogP contribution < -0.4 is 9.80 Å². The SMILES string of the molecule is CN(C(=O)c1cc(N2CCC(Cc3ccccc3)CC2)ccn1)c1ccccc1. The van der Waals surface area contributed by atoms with E-state index in [4.69, 9.17) is 0 Å². The Morgan fingerprint density at radius 1 is 1.00 bits per heavy atom. The Morgan fingerprint density at radius 3 is 2.34 bits per heavy atom. The van der Waals surface area contributed by atoms with Gasteiger partial charge in [0.05, 0.1) is 0 Å². The highest BCUT2D eigenvalue weighted by Crippen LogP contribution is 2.26. The molecule has 4 heteroatoms. The molecule has 1 fully saturated rings. The summed E-state index contributed by atoms with van der Waals surface area (Å²) in [6.07, 6.45) is 5.24. The van der Waals surface area contributed by atoms with Gasteiger partial charge in [0, 0.05) is 37.7 Å². The third kappa shape index (κ3) is 4.65. The van der Waals surface area contributed by atoms with Crippen molar-refractivity contribution in [2.75, 3.05) is 29.9 Å². The second-order valence-electron chi connectivity index (χ2n) is 7.72. The molecule has 0 unspecified atom stereocenters. The molecule has 0 spiro atoms. The number of nitrogens with zero attached hydrogens (tertiary/aromatic N) is 3. The Morgan fingerprint density at radius 2 is 1.66 bits per heavy atom. The van der Waals surface area contributed by atoms with Crippen LogP contribution in [0.1, 0.15) is 28.9 Å². The quantitative estimate of drug-likeness (QED) is 0.632. The number of carbonyl (C=O) groups is 1. The first-order valence-corrected chi connectivity index (χ1v) is 10.3. The number of benzene rings is 2. The molecule has 0 N–H and O–H groups in total. The maximum absolute atomic E-state index is 12.9. The van der Waals surface area contributed by atoms with Crippen LogP contribution in [0.15, 0.2) is 79.0 Å². The number of rotatable bonds is 5. The van der Waals surface area contributed by atoms with Crippen molar-refractivity contribution in [2.24, 2.45) is 5.92 Å². The van der Waals surface area contributed by atoms with E-state index < -0.39 is 0 Å². The zero-order valence-corrected chi connectivity index (χ0v) is 16.9. The van der Waals surface area contributed by atoms with Crippen LogP contribution in [0.25, 0.3) is 0 Å². The Kier molecular flexibility index (Phi) is 5.89. The van der Waals surface area contributed by atoms with Crippen molar-refractivity contribution >= 4 is 17.3 Å². The lowest BCUT2D eigenvalue weighted by atomic mass is 9.90. The molecule has 2 heterocycles. The summed E-state index contributed by atoms with van der Waals surface area (Å²) in [4.78, 5) is 21.2. The molecule has 29 heavy (non-hydrogen) atoms. The zero-order chi connectivity index (χ0) is 20.1. The van der Waals surface area contributed by atoms with Gasteiger partial charge in [-0.05, 0) is 55.0 Å². The van der Waals surface area contributed by atoms with Crippen LogP contribution in [0.3, 0.4) is 0 Å². The minimum Gasteiger partial charge on any atom is -0.371 e. The molecule has 1 aliphatic heterocycles. The number of hydrogen-bond acceptors (Lipinski definition) is 3. The fourth-order valence-corrected chi connectivity index (χ4v) is 4.02. The summed E-state index contributed by atoms with van der Waals surface area (Å²) >= 11 is 0. The van der Waals surface area contributed by atoms with Crippen LogP contribution in [0.4, 0.5) is 11.4 Å². The average Bonchev–Trinajstić information content (AvgIpc) is 2.80. The molecule has 0 aliphatic carbocycles. The van der Waals surface area contributed by atoms with E-state index in [-0.39, 0.29) is 5.91 Å². The second-order valence-corrected chi connectivity index (χ2v) is 7.72. The molecular weight excluding hydrogens is 358 g/mol. The lowest BCUT2D eigenvalue weighted by molar-refractivity contribution is 0.0988. The second kappa shape index (κ2) is 8.91. The molecule has 1 aliphatic rings. The highest BCUT2D eigenvalue weighted by molar-refractivity contribution is 6.04. The summed E-state index contributed by atoms with van der Waals surface area (Å²) < 4.78 is 0. The molecule has 0 bridgehead atoms. The van der Waals surface area contributed by atoms with Crippen LogP contribution in [-0.2, 0) is 6.42 Å². The van der Waals surface area contributed by atoms with Gasteiger partial charge in [-0.25, -0.2) is 0 Å². The predicted molar refractivity (Wildman–Crippen MR) is 118 cm³/mol. The van der Waals surface area contributed by atoms with Gasteiger partial charge < -0.3 is 9.80 Å². The van der Waals surface area contributed by atoms with E-state index >= 15 is 0 Å². The maximum Gasteiger partial charge on any atom is 0.276 e. The van der Waals surface area contributed by atoms with Crippen LogP contribution >= 0.6 is 0 Å². The fourth-order valence-electron chi connectivity index (χ4n) is 4.02. The number of hydrogen-bond donors (Lipinski definition) is 0. The fraction of sp³-hybridized carbons (Fsp3) is 0.280. The zero-order valence-electron chi connectivity index (χ0n) is 16.9. The Balaban J connectivity index is 1.40. The van der Waals surface area contributed by atoms with Gasteiger partial charge in [0.2, 0.25) is 0 Å². The van der Waals surface area contributed by atoms with E-state index in [9.17, 15) is 4.79 Å². The Bertz CT molecular complexity index is 935. The van der Waals surface area contributed by atoms with Gasteiger partial charge in [-0.15, -0.1) is 0 Å². The molecule has 0 atom stereocenters. The van der Waals surface area contributed by atoms with Crippen molar-refractivity contribution < 1.29 is 4.79 Å². The van der Waals surface area contributed by atoms with E-state index in [0.29, 0.717) is 5.69 Å². The highest BCUT2D eigenvalue weighted by Gasteiger charge is 2.21. The standard InChI is InChI=1S/C25H27N3O/c1-27(22-10-6-3-7-11-22)25(29)24-19-23(12-15-26-24)28-16-13-21(14-17-28)18-20-8-4-2-5-9-20/h2-12,15,19,21H,13-14,16-18H2,1H3. The van der Waals surface area contributed by atoms with Gasteiger partial charge in [0.15, 0.2) is 0 Å². The predicted octanol–water partition coefficient (Wildman–Crippen LogP) is 4.82. The van der Waals surface area contributed by atoms with Crippen molar-refractivity contribution in [3.05, 3.63) is 90.3 Å². The number of carbonyl (C=O) groups excluding carboxylic acids is 1. The summed E-state index contributed by atoms with van der Waals surface area (Å²) in [6, 6.07) is 24.4. The van der Waals surface area contributed by atoms with E-state index in [1.807, 2.05) is 42.5 Å². The van der Waals surface area contributed by atoms with Gasteiger partial charge >= 0.3 is 0 Å². The van der Waals surface area contributed by atoms with Crippen LogP contribution in [0, 0.1) is 5.92 Å². The van der Waals surface area contributed by atoms with Gasteiger partial charge in [-0.3, -0.25) is 9.78 Å². The Labute approximate surface area is 172 Å². The Hall–Kier alpha value is -3.14. The molecule has 4 rings (SSSR count).